The Bertz CT molecular complexity index is 553. The number of hydrogen-bond acceptors (Lipinski definition) is 1. The van der Waals surface area contributed by atoms with Crippen LogP contribution in [0.15, 0.2) is 16.5 Å². The van der Waals surface area contributed by atoms with E-state index in [4.69, 9.17) is 4.42 Å². The number of furan rings is 2. The first kappa shape index (κ1) is 21.3. The normalized spacial score (nSPS) is 11.8. The van der Waals surface area contributed by atoms with Gasteiger partial charge in [-0.05, 0) is 43.0 Å². The van der Waals surface area contributed by atoms with Crippen LogP contribution in [0.25, 0.3) is 11.2 Å². The first-order chi connectivity index (χ1) is 12.8. The molecule has 0 unspecified atom stereocenters. The first-order valence-corrected chi connectivity index (χ1v) is 11.6. The molecule has 0 N–H and O–H groups in total. The van der Waals surface area contributed by atoms with Crippen molar-refractivity contribution in [2.75, 3.05) is 0 Å². The Morgan fingerprint density at radius 2 is 1.08 bits per heavy atom. The quantitative estimate of drug-likeness (QED) is 0.257. The summed E-state index contributed by atoms with van der Waals surface area (Å²) in [7, 11) is 0. The largest absolute Gasteiger partial charge is 0.457 e. The standard InChI is InChI=1S/C25H42O/c1-3-4-5-6-7-8-9-10-11-12-13-14-15-16-17-18-19-23-21-24-20-22(2)25(23)26-24/h20-21H,3-19H2,1-2H3. The first-order valence-electron chi connectivity index (χ1n) is 11.6. The van der Waals surface area contributed by atoms with Gasteiger partial charge in [-0.3, -0.25) is 0 Å². The van der Waals surface area contributed by atoms with E-state index >= 15 is 0 Å². The number of fused-ring (bicyclic) bond motifs is 2. The lowest BCUT2D eigenvalue weighted by molar-refractivity contribution is 0.529. The highest BCUT2D eigenvalue weighted by atomic mass is 16.3. The number of benzene rings is 1. The molecular weight excluding hydrogens is 316 g/mol. The summed E-state index contributed by atoms with van der Waals surface area (Å²) in [6.45, 7) is 4.45. The maximum absolute atomic E-state index is 5.72. The van der Waals surface area contributed by atoms with Gasteiger partial charge in [0.05, 0.1) is 0 Å². The molecule has 2 aromatic heterocycles. The number of aryl methyl sites for hydroxylation is 2. The fourth-order valence-corrected chi connectivity index (χ4v) is 4.18. The average molecular weight is 359 g/mol. The van der Waals surface area contributed by atoms with E-state index in [0.29, 0.717) is 0 Å². The minimum atomic E-state index is 1.06. The van der Waals surface area contributed by atoms with Gasteiger partial charge in [0.2, 0.25) is 0 Å². The molecule has 2 aromatic rings. The number of rotatable bonds is 17. The van der Waals surface area contributed by atoms with Crippen molar-refractivity contribution < 1.29 is 4.42 Å². The van der Waals surface area contributed by atoms with E-state index in [0.717, 1.165) is 11.2 Å². The zero-order valence-electron chi connectivity index (χ0n) is 17.6. The summed E-state index contributed by atoms with van der Waals surface area (Å²) < 4.78 is 5.72. The van der Waals surface area contributed by atoms with Crippen LogP contribution in [0.4, 0.5) is 0 Å². The molecule has 2 bridgehead atoms. The molecule has 0 spiro atoms. The maximum atomic E-state index is 5.72. The molecule has 0 saturated heterocycles. The van der Waals surface area contributed by atoms with Crippen LogP contribution in [0, 0.1) is 6.92 Å². The fourth-order valence-electron chi connectivity index (χ4n) is 4.18. The van der Waals surface area contributed by atoms with Gasteiger partial charge in [0.1, 0.15) is 11.2 Å². The Kier molecular flexibility index (Phi) is 10.8. The number of hydrogen-bond donors (Lipinski definition) is 0. The van der Waals surface area contributed by atoms with Crippen molar-refractivity contribution in [2.24, 2.45) is 0 Å². The van der Waals surface area contributed by atoms with Gasteiger partial charge in [-0.25, -0.2) is 0 Å². The molecule has 0 aliphatic rings. The van der Waals surface area contributed by atoms with Crippen molar-refractivity contribution >= 4 is 11.2 Å². The molecule has 0 aliphatic carbocycles. The summed E-state index contributed by atoms with van der Waals surface area (Å²) in [4.78, 5) is 0. The van der Waals surface area contributed by atoms with Gasteiger partial charge in [-0.1, -0.05) is 103 Å². The second-order valence-corrected chi connectivity index (χ2v) is 8.38. The SMILES string of the molecule is CCCCCCCCCCCCCCCCCCc1cc2cc(C)c1o2. The maximum Gasteiger partial charge on any atom is 0.133 e. The highest BCUT2D eigenvalue weighted by Crippen LogP contribution is 2.28. The molecule has 0 fully saturated rings. The predicted molar refractivity (Wildman–Crippen MR) is 115 cm³/mol. The molecule has 0 aromatic carbocycles. The molecule has 2 rings (SSSR count). The van der Waals surface area contributed by atoms with E-state index in [1.165, 1.54) is 120 Å². The van der Waals surface area contributed by atoms with Crippen molar-refractivity contribution in [2.45, 2.75) is 123 Å². The van der Waals surface area contributed by atoms with E-state index in [2.05, 4.69) is 26.0 Å². The van der Waals surface area contributed by atoms with Crippen LogP contribution in [0.5, 0.6) is 0 Å². The zero-order valence-corrected chi connectivity index (χ0v) is 17.6. The highest BCUT2D eigenvalue weighted by Gasteiger charge is 2.10. The smallest absolute Gasteiger partial charge is 0.133 e. The molecular formula is C25H42O. The van der Waals surface area contributed by atoms with E-state index in [9.17, 15) is 0 Å². The molecule has 0 amide bonds. The van der Waals surface area contributed by atoms with Crippen LogP contribution in [0.2, 0.25) is 0 Å². The molecule has 0 aliphatic heterocycles. The summed E-state index contributed by atoms with van der Waals surface area (Å²) in [5, 5.41) is 0. The topological polar surface area (TPSA) is 13.1 Å². The second kappa shape index (κ2) is 13.2. The Balaban J connectivity index is 1.30. The molecule has 2 heterocycles. The third-order valence-corrected chi connectivity index (χ3v) is 5.84. The van der Waals surface area contributed by atoms with E-state index < -0.39 is 0 Å². The Hall–Kier alpha value is -0.980. The van der Waals surface area contributed by atoms with Gasteiger partial charge in [0.25, 0.3) is 0 Å². The van der Waals surface area contributed by atoms with Gasteiger partial charge in [0, 0.05) is 0 Å². The van der Waals surface area contributed by atoms with Crippen molar-refractivity contribution in [1.29, 1.82) is 0 Å². The molecule has 1 nitrogen and oxygen atoms in total. The van der Waals surface area contributed by atoms with E-state index in [-0.39, 0.29) is 0 Å². The summed E-state index contributed by atoms with van der Waals surface area (Å²) in [6.07, 6.45) is 24.2. The Labute approximate surface area is 162 Å². The lowest BCUT2D eigenvalue weighted by Gasteiger charge is -2.04. The Morgan fingerprint density at radius 3 is 1.50 bits per heavy atom. The predicted octanol–water partition coefficient (Wildman–Crippen LogP) is 8.98. The van der Waals surface area contributed by atoms with Crippen LogP contribution < -0.4 is 0 Å². The molecule has 148 valence electrons. The Morgan fingerprint density at radius 1 is 0.615 bits per heavy atom. The monoisotopic (exact) mass is 358 g/mol. The van der Waals surface area contributed by atoms with Gasteiger partial charge in [-0.15, -0.1) is 0 Å². The number of unbranched alkanes of at least 4 members (excludes halogenated alkanes) is 15. The summed E-state index contributed by atoms with van der Waals surface area (Å²) in [5.74, 6) is 0. The highest BCUT2D eigenvalue weighted by molar-refractivity contribution is 5.70. The molecule has 0 saturated carbocycles. The summed E-state index contributed by atoms with van der Waals surface area (Å²) >= 11 is 0. The van der Waals surface area contributed by atoms with Crippen LogP contribution in [-0.4, -0.2) is 0 Å². The van der Waals surface area contributed by atoms with Gasteiger partial charge < -0.3 is 4.42 Å². The average Bonchev–Trinajstić information content (AvgIpc) is 3.20. The van der Waals surface area contributed by atoms with E-state index in [1.807, 2.05) is 0 Å². The van der Waals surface area contributed by atoms with Crippen LogP contribution in [-0.2, 0) is 6.42 Å². The minimum absolute atomic E-state index is 1.06. The molecule has 0 atom stereocenters. The van der Waals surface area contributed by atoms with E-state index in [1.54, 1.807) is 0 Å². The van der Waals surface area contributed by atoms with Crippen LogP contribution >= 0.6 is 0 Å². The third-order valence-electron chi connectivity index (χ3n) is 5.84. The van der Waals surface area contributed by atoms with Crippen LogP contribution in [0.1, 0.15) is 121 Å². The van der Waals surface area contributed by atoms with Crippen molar-refractivity contribution in [3.63, 3.8) is 0 Å². The second-order valence-electron chi connectivity index (χ2n) is 8.38. The van der Waals surface area contributed by atoms with Crippen LogP contribution in [0.3, 0.4) is 0 Å². The summed E-state index contributed by atoms with van der Waals surface area (Å²) in [5.41, 5.74) is 4.96. The summed E-state index contributed by atoms with van der Waals surface area (Å²) in [6, 6.07) is 4.37. The lowest BCUT2D eigenvalue weighted by Crippen LogP contribution is -1.87. The van der Waals surface area contributed by atoms with Crippen molar-refractivity contribution in [1.82, 2.24) is 0 Å². The van der Waals surface area contributed by atoms with Gasteiger partial charge >= 0.3 is 0 Å². The lowest BCUT2D eigenvalue weighted by atomic mass is 10.0. The van der Waals surface area contributed by atoms with Gasteiger partial charge in [-0.2, -0.15) is 0 Å². The molecule has 0 radical (unpaired) electrons. The molecule has 26 heavy (non-hydrogen) atoms. The fraction of sp³-hybridized carbons (Fsp3) is 0.760. The van der Waals surface area contributed by atoms with Crippen molar-refractivity contribution in [3.8, 4) is 0 Å². The molecule has 1 heteroatoms. The van der Waals surface area contributed by atoms with Crippen molar-refractivity contribution in [3.05, 3.63) is 23.3 Å². The third kappa shape index (κ3) is 8.14. The van der Waals surface area contributed by atoms with Gasteiger partial charge in [0.15, 0.2) is 0 Å². The zero-order chi connectivity index (χ0) is 18.5. The minimum Gasteiger partial charge on any atom is -0.457 e.